The average Bonchev–Trinajstić information content (AvgIpc) is 2.39. The first-order chi connectivity index (χ1) is 9.15. The van der Waals surface area contributed by atoms with Crippen LogP contribution >= 0.6 is 12.2 Å². The van der Waals surface area contributed by atoms with Crippen molar-refractivity contribution in [3.05, 3.63) is 24.0 Å². The second kappa shape index (κ2) is 6.85. The summed E-state index contributed by atoms with van der Waals surface area (Å²) < 4.78 is 0. The molecule has 2 rings (SSSR count). The molecule has 1 heterocycles. The SMILES string of the molecule is CC1CCCC(CCNc2ccc(C(N)=S)nc2)C1. The van der Waals surface area contributed by atoms with Crippen LogP contribution in [0, 0.1) is 11.8 Å². The molecule has 1 aromatic rings. The largest absolute Gasteiger partial charge is 0.388 e. The van der Waals surface area contributed by atoms with Crippen LogP contribution in [0.4, 0.5) is 5.69 Å². The Bertz CT molecular complexity index is 416. The monoisotopic (exact) mass is 277 g/mol. The predicted octanol–water partition coefficient (Wildman–Crippen LogP) is 3.34. The van der Waals surface area contributed by atoms with E-state index in [0.29, 0.717) is 10.7 Å². The van der Waals surface area contributed by atoms with Crippen LogP contribution < -0.4 is 11.1 Å². The van der Waals surface area contributed by atoms with Crippen molar-refractivity contribution in [3.8, 4) is 0 Å². The molecular formula is C15H23N3S. The lowest BCUT2D eigenvalue weighted by atomic mass is 9.81. The summed E-state index contributed by atoms with van der Waals surface area (Å²) in [7, 11) is 0. The van der Waals surface area contributed by atoms with E-state index >= 15 is 0 Å². The zero-order valence-corrected chi connectivity index (χ0v) is 12.4. The Morgan fingerprint density at radius 2 is 2.32 bits per heavy atom. The molecule has 19 heavy (non-hydrogen) atoms. The van der Waals surface area contributed by atoms with Crippen molar-refractivity contribution in [3.63, 3.8) is 0 Å². The van der Waals surface area contributed by atoms with Crippen molar-refractivity contribution in [2.75, 3.05) is 11.9 Å². The Balaban J connectivity index is 1.74. The van der Waals surface area contributed by atoms with Crippen LogP contribution in [0.25, 0.3) is 0 Å². The first kappa shape index (κ1) is 14.3. The van der Waals surface area contributed by atoms with Crippen molar-refractivity contribution in [1.29, 1.82) is 0 Å². The summed E-state index contributed by atoms with van der Waals surface area (Å²) in [5.41, 5.74) is 7.25. The fourth-order valence-electron chi connectivity index (χ4n) is 2.89. The number of pyridine rings is 1. The molecule has 0 aromatic carbocycles. The van der Waals surface area contributed by atoms with Crippen LogP contribution in [0.2, 0.25) is 0 Å². The Hall–Kier alpha value is -1.16. The number of anilines is 1. The van der Waals surface area contributed by atoms with Crippen molar-refractivity contribution < 1.29 is 0 Å². The molecule has 0 radical (unpaired) electrons. The first-order valence-electron chi connectivity index (χ1n) is 7.15. The van der Waals surface area contributed by atoms with Gasteiger partial charge in [-0.25, -0.2) is 0 Å². The Kier molecular flexibility index (Phi) is 5.14. The summed E-state index contributed by atoms with van der Waals surface area (Å²) in [5.74, 6) is 1.80. The lowest BCUT2D eigenvalue weighted by Crippen LogP contribution is -2.17. The van der Waals surface area contributed by atoms with Gasteiger partial charge in [0.25, 0.3) is 0 Å². The summed E-state index contributed by atoms with van der Waals surface area (Å²) in [4.78, 5) is 4.58. The maximum absolute atomic E-state index is 5.52. The maximum Gasteiger partial charge on any atom is 0.122 e. The van der Waals surface area contributed by atoms with Gasteiger partial charge in [-0.05, 0) is 36.8 Å². The Morgan fingerprint density at radius 3 is 2.95 bits per heavy atom. The molecule has 1 aromatic heterocycles. The molecular weight excluding hydrogens is 254 g/mol. The van der Waals surface area contributed by atoms with E-state index in [1.165, 1.54) is 32.1 Å². The molecule has 3 N–H and O–H groups in total. The maximum atomic E-state index is 5.52. The van der Waals surface area contributed by atoms with Gasteiger partial charge in [0, 0.05) is 6.54 Å². The second-order valence-electron chi connectivity index (χ2n) is 5.65. The van der Waals surface area contributed by atoms with Gasteiger partial charge in [0.15, 0.2) is 0 Å². The first-order valence-corrected chi connectivity index (χ1v) is 7.55. The molecule has 0 aliphatic heterocycles. The van der Waals surface area contributed by atoms with Crippen molar-refractivity contribution in [2.45, 2.75) is 39.0 Å². The molecule has 0 amide bonds. The molecule has 2 atom stereocenters. The van der Waals surface area contributed by atoms with Gasteiger partial charge in [0.1, 0.15) is 4.99 Å². The topological polar surface area (TPSA) is 50.9 Å². The fourth-order valence-corrected chi connectivity index (χ4v) is 3.01. The predicted molar refractivity (Wildman–Crippen MR) is 84.4 cm³/mol. The van der Waals surface area contributed by atoms with Crippen LogP contribution in [0.3, 0.4) is 0 Å². The van der Waals surface area contributed by atoms with Crippen molar-refractivity contribution >= 4 is 22.9 Å². The summed E-state index contributed by atoms with van der Waals surface area (Å²) in [5, 5.41) is 3.43. The number of rotatable bonds is 5. The van der Waals surface area contributed by atoms with Crippen molar-refractivity contribution in [1.82, 2.24) is 4.98 Å². The number of hydrogen-bond donors (Lipinski definition) is 2. The normalized spacial score (nSPS) is 23.0. The zero-order chi connectivity index (χ0) is 13.7. The molecule has 0 saturated heterocycles. The highest BCUT2D eigenvalue weighted by Crippen LogP contribution is 2.30. The van der Waals surface area contributed by atoms with Gasteiger partial charge in [-0.1, -0.05) is 38.4 Å². The number of hydrogen-bond acceptors (Lipinski definition) is 3. The molecule has 2 unspecified atom stereocenters. The summed E-state index contributed by atoms with van der Waals surface area (Å²) >= 11 is 4.88. The highest BCUT2D eigenvalue weighted by atomic mass is 32.1. The number of nitrogens with zero attached hydrogens (tertiary/aromatic N) is 1. The Morgan fingerprint density at radius 1 is 1.47 bits per heavy atom. The van der Waals surface area contributed by atoms with E-state index in [0.717, 1.165) is 24.1 Å². The smallest absolute Gasteiger partial charge is 0.122 e. The minimum absolute atomic E-state index is 0.350. The van der Waals surface area contributed by atoms with E-state index in [1.54, 1.807) is 6.20 Å². The summed E-state index contributed by atoms with van der Waals surface area (Å²) in [6, 6.07) is 3.86. The van der Waals surface area contributed by atoms with Crippen molar-refractivity contribution in [2.24, 2.45) is 17.6 Å². The van der Waals surface area contributed by atoms with Crippen LogP contribution in [0.1, 0.15) is 44.7 Å². The van der Waals surface area contributed by atoms with Crippen LogP contribution in [0.15, 0.2) is 18.3 Å². The molecule has 3 nitrogen and oxygen atoms in total. The number of nitrogens with one attached hydrogen (secondary N) is 1. The van der Waals surface area contributed by atoms with Gasteiger partial charge >= 0.3 is 0 Å². The zero-order valence-electron chi connectivity index (χ0n) is 11.6. The van der Waals surface area contributed by atoms with Gasteiger partial charge < -0.3 is 11.1 Å². The second-order valence-corrected chi connectivity index (χ2v) is 6.09. The molecule has 0 spiro atoms. The standard InChI is InChI=1S/C15H23N3S/c1-11-3-2-4-12(9-11)7-8-17-13-5-6-14(15(16)19)18-10-13/h5-6,10-12,17H,2-4,7-9H2,1H3,(H2,16,19). The summed E-state index contributed by atoms with van der Waals surface area (Å²) in [6.07, 6.45) is 8.65. The van der Waals surface area contributed by atoms with Crippen LogP contribution in [-0.4, -0.2) is 16.5 Å². The van der Waals surface area contributed by atoms with Gasteiger partial charge in [-0.3, -0.25) is 4.98 Å². The highest BCUT2D eigenvalue weighted by Gasteiger charge is 2.18. The molecule has 4 heteroatoms. The molecule has 104 valence electrons. The number of aromatic nitrogens is 1. The summed E-state index contributed by atoms with van der Waals surface area (Å²) in [6.45, 7) is 3.39. The Labute approximate surface area is 121 Å². The van der Waals surface area contributed by atoms with Gasteiger partial charge in [0.05, 0.1) is 17.6 Å². The average molecular weight is 277 g/mol. The molecule has 0 bridgehead atoms. The van der Waals surface area contributed by atoms with E-state index in [2.05, 4.69) is 17.2 Å². The lowest BCUT2D eigenvalue weighted by molar-refractivity contribution is 0.274. The van der Waals surface area contributed by atoms with E-state index in [4.69, 9.17) is 18.0 Å². The van der Waals surface area contributed by atoms with E-state index < -0.39 is 0 Å². The highest BCUT2D eigenvalue weighted by molar-refractivity contribution is 7.80. The molecule has 1 saturated carbocycles. The van der Waals surface area contributed by atoms with Gasteiger partial charge in [-0.2, -0.15) is 0 Å². The minimum Gasteiger partial charge on any atom is -0.388 e. The minimum atomic E-state index is 0.350. The van der Waals surface area contributed by atoms with E-state index in [9.17, 15) is 0 Å². The number of nitrogens with two attached hydrogens (primary N) is 1. The van der Waals surface area contributed by atoms with Crippen LogP contribution in [-0.2, 0) is 0 Å². The quantitative estimate of drug-likeness (QED) is 0.810. The van der Waals surface area contributed by atoms with Gasteiger partial charge in [-0.15, -0.1) is 0 Å². The third kappa shape index (κ3) is 4.46. The molecule has 1 aliphatic carbocycles. The lowest BCUT2D eigenvalue weighted by Gasteiger charge is -2.26. The molecule has 1 fully saturated rings. The van der Waals surface area contributed by atoms with E-state index in [-0.39, 0.29) is 0 Å². The fraction of sp³-hybridized carbons (Fsp3) is 0.600. The third-order valence-electron chi connectivity index (χ3n) is 3.94. The van der Waals surface area contributed by atoms with Crippen LogP contribution in [0.5, 0.6) is 0 Å². The number of thiocarbonyl (C=S) groups is 1. The van der Waals surface area contributed by atoms with E-state index in [1.807, 2.05) is 12.1 Å². The van der Waals surface area contributed by atoms with Gasteiger partial charge in [0.2, 0.25) is 0 Å². The third-order valence-corrected chi connectivity index (χ3v) is 4.15. The molecule has 1 aliphatic rings.